The van der Waals surface area contributed by atoms with Crippen LogP contribution in [0.15, 0.2) is 72.8 Å². The number of esters is 2. The molecule has 0 aromatic heterocycles. The summed E-state index contributed by atoms with van der Waals surface area (Å²) in [6.07, 6.45) is -24.1. The van der Waals surface area contributed by atoms with E-state index in [4.69, 9.17) is 10.2 Å². The van der Waals surface area contributed by atoms with E-state index in [-0.39, 0.29) is 60.7 Å². The Labute approximate surface area is 317 Å². The van der Waals surface area contributed by atoms with Crippen molar-refractivity contribution in [3.63, 3.8) is 0 Å². The molecule has 0 saturated carbocycles. The van der Waals surface area contributed by atoms with E-state index in [9.17, 15) is 91.7 Å². The summed E-state index contributed by atoms with van der Waals surface area (Å²) < 4.78 is 181. The maximum atomic E-state index is 14.7. The number of alkyl halides is 12. The van der Waals surface area contributed by atoms with Crippen molar-refractivity contribution < 1.29 is 111 Å². The van der Waals surface area contributed by atoms with Gasteiger partial charge in [0.05, 0.1) is 44.5 Å². The molecule has 0 aliphatic rings. The molecule has 0 amide bonds. The molecule has 0 spiro atoms. The Hall–Kier alpha value is -7.14. The van der Waals surface area contributed by atoms with Crippen LogP contribution < -0.4 is 9.47 Å². The normalized spacial score (nSPS) is 12.4. The van der Waals surface area contributed by atoms with Gasteiger partial charge in [0, 0.05) is 0 Å². The first-order valence-corrected chi connectivity index (χ1v) is 15.2. The van der Waals surface area contributed by atoms with Crippen molar-refractivity contribution in [1.82, 2.24) is 0 Å². The third-order valence-electron chi connectivity index (χ3n) is 8.15. The summed E-state index contributed by atoms with van der Waals surface area (Å²) in [7, 11) is 0. The van der Waals surface area contributed by atoms with Gasteiger partial charge in [-0.2, -0.15) is 52.7 Å². The zero-order valence-corrected chi connectivity index (χ0v) is 28.0. The van der Waals surface area contributed by atoms with Gasteiger partial charge in [0.1, 0.15) is 11.5 Å². The molecule has 4 rings (SSSR count). The second kappa shape index (κ2) is 15.3. The molecule has 0 fully saturated rings. The fourth-order valence-electron chi connectivity index (χ4n) is 5.79. The van der Waals surface area contributed by atoms with Gasteiger partial charge in [-0.1, -0.05) is 24.3 Å². The predicted octanol–water partition coefficient (Wildman–Crippen LogP) is 8.37. The zero-order valence-electron chi connectivity index (χ0n) is 28.0. The van der Waals surface area contributed by atoms with Crippen LogP contribution in [0.25, 0.3) is 0 Å². The molecule has 4 N–H and O–H groups in total. The zero-order chi connectivity index (χ0) is 44.8. The Kier molecular flexibility index (Phi) is 11.6. The average molecular weight is 856 g/mol. The summed E-state index contributed by atoms with van der Waals surface area (Å²) in [5, 5.41) is 36.8. The van der Waals surface area contributed by atoms with E-state index in [1.807, 2.05) is 0 Å². The number of hydrogen-bond acceptors (Lipinski definition) is 8. The molecular formula is C35H16F12O12. The molecule has 0 saturated heterocycles. The number of carbonyl (C=O) groups excluding carboxylic acids is 2. The molecule has 312 valence electrons. The fraction of sp³-hybridized carbons (Fsp3) is 0.143. The van der Waals surface area contributed by atoms with Gasteiger partial charge in [0.2, 0.25) is 5.41 Å². The van der Waals surface area contributed by atoms with E-state index in [1.165, 1.54) is 0 Å². The number of ether oxygens (including phenoxy) is 2. The molecule has 4 aromatic rings. The summed E-state index contributed by atoms with van der Waals surface area (Å²) in [6, 6.07) is 2.39. The maximum Gasteiger partial charge on any atom is 0.418 e. The van der Waals surface area contributed by atoms with Crippen molar-refractivity contribution in [3.05, 3.63) is 128 Å². The van der Waals surface area contributed by atoms with Crippen LogP contribution in [0.4, 0.5) is 52.7 Å². The quantitative estimate of drug-likeness (QED) is 0.0676. The third-order valence-corrected chi connectivity index (χ3v) is 8.15. The molecular weight excluding hydrogens is 840 g/mol. The van der Waals surface area contributed by atoms with E-state index in [1.54, 1.807) is 0 Å². The minimum Gasteiger partial charge on any atom is -0.478 e. The molecule has 0 bridgehead atoms. The van der Waals surface area contributed by atoms with Crippen molar-refractivity contribution in [2.24, 2.45) is 0 Å². The summed E-state index contributed by atoms with van der Waals surface area (Å²) in [4.78, 5) is 71.4. The molecule has 4 aromatic carbocycles. The number of hydrogen-bond donors (Lipinski definition) is 4. The molecule has 24 heteroatoms. The highest BCUT2D eigenvalue weighted by Crippen LogP contribution is 2.56. The topological polar surface area (TPSA) is 202 Å². The van der Waals surface area contributed by atoms with Gasteiger partial charge in [-0.25, -0.2) is 28.8 Å². The monoisotopic (exact) mass is 856 g/mol. The first-order chi connectivity index (χ1) is 27.0. The van der Waals surface area contributed by atoms with Crippen LogP contribution in [0.2, 0.25) is 0 Å². The number of rotatable bonds is 10. The minimum atomic E-state index is -6.33. The molecule has 12 nitrogen and oxygen atoms in total. The molecule has 0 aliphatic heterocycles. The van der Waals surface area contributed by atoms with Crippen molar-refractivity contribution >= 4 is 35.8 Å². The highest BCUT2D eigenvalue weighted by molar-refractivity contribution is 6.07. The van der Waals surface area contributed by atoms with E-state index in [0.717, 1.165) is 0 Å². The van der Waals surface area contributed by atoms with Crippen LogP contribution in [0.5, 0.6) is 11.5 Å². The van der Waals surface area contributed by atoms with Crippen molar-refractivity contribution in [1.29, 1.82) is 0 Å². The predicted molar refractivity (Wildman–Crippen MR) is 166 cm³/mol. The summed E-state index contributed by atoms with van der Waals surface area (Å²) >= 11 is 0. The molecule has 59 heavy (non-hydrogen) atoms. The SMILES string of the molecule is O=C(O)c1ccc(C(=O)Oc2ccc(C(c3ccc(OC(=O)c4ccc(C(=O)O)c(C(=O)O)c4C(F)(F)F)cc3)(C(F)(F)F)C(F)(F)F)cc2)c(C(F)(F)F)c1C(=O)O. The van der Waals surface area contributed by atoms with Crippen LogP contribution in [0.3, 0.4) is 0 Å². The summed E-state index contributed by atoms with van der Waals surface area (Å²) in [5.74, 6) is -15.4. The smallest absolute Gasteiger partial charge is 0.418 e. The minimum absolute atomic E-state index is 0.0812. The van der Waals surface area contributed by atoms with Gasteiger partial charge >= 0.3 is 60.5 Å². The Morgan fingerprint density at radius 2 is 0.661 bits per heavy atom. The van der Waals surface area contributed by atoms with Crippen molar-refractivity contribution in [3.8, 4) is 11.5 Å². The maximum absolute atomic E-state index is 14.7. The highest BCUT2D eigenvalue weighted by atomic mass is 19.4. The van der Waals surface area contributed by atoms with Crippen LogP contribution in [-0.4, -0.2) is 68.6 Å². The summed E-state index contributed by atoms with van der Waals surface area (Å²) in [5.41, 5.74) is -22.9. The first kappa shape index (κ1) is 44.6. The molecule has 0 atom stereocenters. The van der Waals surface area contributed by atoms with Crippen LogP contribution in [0.1, 0.15) is 84.4 Å². The lowest BCUT2D eigenvalue weighted by molar-refractivity contribution is -0.288. The van der Waals surface area contributed by atoms with Gasteiger partial charge < -0.3 is 29.9 Å². The lowest BCUT2D eigenvalue weighted by Crippen LogP contribution is -2.54. The van der Waals surface area contributed by atoms with E-state index < -0.39 is 133 Å². The Morgan fingerprint density at radius 1 is 0.390 bits per heavy atom. The molecule has 0 unspecified atom stereocenters. The average Bonchev–Trinajstić information content (AvgIpc) is 3.09. The lowest BCUT2D eigenvalue weighted by atomic mass is 9.73. The van der Waals surface area contributed by atoms with Crippen molar-refractivity contribution in [2.75, 3.05) is 0 Å². The fourth-order valence-corrected chi connectivity index (χ4v) is 5.79. The lowest BCUT2D eigenvalue weighted by Gasteiger charge is -2.38. The van der Waals surface area contributed by atoms with E-state index >= 15 is 0 Å². The number of carbonyl (C=O) groups is 6. The second-order valence-corrected chi connectivity index (χ2v) is 11.6. The van der Waals surface area contributed by atoms with E-state index in [0.29, 0.717) is 12.1 Å². The van der Waals surface area contributed by atoms with Gasteiger partial charge in [-0.05, 0) is 59.7 Å². The van der Waals surface area contributed by atoms with Crippen LogP contribution >= 0.6 is 0 Å². The summed E-state index contributed by atoms with van der Waals surface area (Å²) in [6.45, 7) is 0. The van der Waals surface area contributed by atoms with Crippen LogP contribution in [-0.2, 0) is 17.8 Å². The second-order valence-electron chi connectivity index (χ2n) is 11.6. The van der Waals surface area contributed by atoms with Crippen LogP contribution in [0, 0.1) is 0 Å². The van der Waals surface area contributed by atoms with Gasteiger partial charge in [-0.3, -0.25) is 0 Å². The number of aromatic carboxylic acids is 4. The Balaban J connectivity index is 1.76. The Morgan fingerprint density at radius 3 is 0.881 bits per heavy atom. The molecule has 0 radical (unpaired) electrons. The van der Waals surface area contributed by atoms with Crippen molar-refractivity contribution in [2.45, 2.75) is 30.1 Å². The highest BCUT2D eigenvalue weighted by Gasteiger charge is 2.72. The number of carboxylic acids is 4. The number of halogens is 12. The standard InChI is InChI=1S/C35H16F12O12/c36-32(37,38)23-19(11-9-17(25(48)49)21(23)27(52)53)29(56)58-15-5-1-13(2-6-15)31(34(42,43)44,35(45,46)47)14-3-7-16(8-4-14)59-30(57)20-12-10-18(26(50)51)22(28(54)55)24(20)33(39,40)41/h1-12H,(H,48,49)(H,50,51)(H,52,53)(H,54,55). The van der Waals surface area contributed by atoms with Gasteiger partial charge in [0.25, 0.3) is 0 Å². The molecule has 0 aliphatic carbocycles. The largest absolute Gasteiger partial charge is 0.478 e. The Bertz CT molecular complexity index is 2210. The number of benzene rings is 4. The third kappa shape index (κ3) is 8.31. The van der Waals surface area contributed by atoms with Gasteiger partial charge in [-0.15, -0.1) is 0 Å². The van der Waals surface area contributed by atoms with Gasteiger partial charge in [0.15, 0.2) is 0 Å². The molecule has 0 heterocycles. The van der Waals surface area contributed by atoms with E-state index in [2.05, 4.69) is 9.47 Å². The number of carboxylic acid groups (broad SMARTS) is 4. The first-order valence-electron chi connectivity index (χ1n) is 15.2.